The summed E-state index contributed by atoms with van der Waals surface area (Å²) in [5, 5.41) is 3.40. The molecule has 2 aliphatic heterocycles. The molecule has 0 unspecified atom stereocenters. The minimum Gasteiger partial charge on any atom is -0.372 e. The van der Waals surface area contributed by atoms with Gasteiger partial charge in [0.2, 0.25) is 0 Å². The van der Waals surface area contributed by atoms with E-state index in [9.17, 15) is 4.79 Å². The van der Waals surface area contributed by atoms with E-state index in [1.807, 2.05) is 35.2 Å². The van der Waals surface area contributed by atoms with Crippen LogP contribution in [0.4, 0.5) is 22.7 Å². The molecule has 1 amide bonds. The first-order valence-electron chi connectivity index (χ1n) is 10.3. The molecule has 3 aromatic rings. The van der Waals surface area contributed by atoms with Crippen LogP contribution in [0, 0.1) is 0 Å². The summed E-state index contributed by atoms with van der Waals surface area (Å²) >= 11 is 0. The third-order valence-corrected chi connectivity index (χ3v) is 5.74. The molecule has 0 atom stereocenters. The number of para-hydroxylation sites is 1. The maximum absolute atomic E-state index is 13.0. The van der Waals surface area contributed by atoms with Crippen LogP contribution < -0.4 is 15.1 Å². The predicted octanol–water partition coefficient (Wildman–Crippen LogP) is 4.63. The molecule has 146 valence electrons. The molecule has 1 fully saturated rings. The molecule has 5 rings (SSSR count). The highest BCUT2D eigenvalue weighted by Gasteiger charge is 2.26. The smallest absolute Gasteiger partial charge is 0.276 e. The van der Waals surface area contributed by atoms with Crippen molar-refractivity contribution in [2.24, 2.45) is 0 Å². The van der Waals surface area contributed by atoms with Crippen LogP contribution in [0.15, 0.2) is 66.9 Å². The first-order valence-corrected chi connectivity index (χ1v) is 10.3. The molecule has 0 aliphatic carbocycles. The zero-order chi connectivity index (χ0) is 19.6. The first kappa shape index (κ1) is 17.7. The largest absolute Gasteiger partial charge is 0.372 e. The Kier molecular flexibility index (Phi) is 4.64. The van der Waals surface area contributed by atoms with Gasteiger partial charge in [0.05, 0.1) is 0 Å². The van der Waals surface area contributed by atoms with E-state index in [4.69, 9.17) is 0 Å². The lowest BCUT2D eigenvalue weighted by molar-refractivity contribution is 0.0984. The van der Waals surface area contributed by atoms with Gasteiger partial charge in [-0.25, -0.2) is 0 Å². The van der Waals surface area contributed by atoms with E-state index in [1.54, 1.807) is 6.20 Å². The van der Waals surface area contributed by atoms with E-state index >= 15 is 0 Å². The number of nitrogens with zero attached hydrogens (tertiary/aromatic N) is 3. The molecule has 1 saturated heterocycles. The SMILES string of the molecule is O=C(c1cc(Nc2ccc(N3CCCC3)cc2)ccn1)N1CCc2ccccc21. The van der Waals surface area contributed by atoms with Crippen molar-refractivity contribution in [1.82, 2.24) is 4.98 Å². The van der Waals surface area contributed by atoms with E-state index in [2.05, 4.69) is 45.5 Å². The molecular weight excluding hydrogens is 360 g/mol. The van der Waals surface area contributed by atoms with Gasteiger partial charge in [-0.05, 0) is 67.3 Å². The van der Waals surface area contributed by atoms with Gasteiger partial charge in [-0.1, -0.05) is 18.2 Å². The number of pyridine rings is 1. The van der Waals surface area contributed by atoms with Crippen molar-refractivity contribution in [3.63, 3.8) is 0 Å². The number of fused-ring (bicyclic) bond motifs is 1. The maximum atomic E-state index is 13.0. The van der Waals surface area contributed by atoms with Crippen molar-refractivity contribution in [2.75, 3.05) is 34.8 Å². The fourth-order valence-electron chi connectivity index (χ4n) is 4.21. The number of hydrogen-bond donors (Lipinski definition) is 1. The van der Waals surface area contributed by atoms with E-state index in [1.165, 1.54) is 24.1 Å². The van der Waals surface area contributed by atoms with Gasteiger partial charge in [-0.15, -0.1) is 0 Å². The molecule has 3 heterocycles. The van der Waals surface area contributed by atoms with Crippen molar-refractivity contribution in [2.45, 2.75) is 19.3 Å². The summed E-state index contributed by atoms with van der Waals surface area (Å²) in [6.07, 6.45) is 5.13. The van der Waals surface area contributed by atoms with Gasteiger partial charge in [0.25, 0.3) is 5.91 Å². The van der Waals surface area contributed by atoms with Gasteiger partial charge in [0.1, 0.15) is 5.69 Å². The van der Waals surface area contributed by atoms with E-state index in [-0.39, 0.29) is 5.91 Å². The first-order chi connectivity index (χ1) is 14.3. The molecule has 1 N–H and O–H groups in total. The molecule has 0 saturated carbocycles. The second-order valence-corrected chi connectivity index (χ2v) is 7.63. The van der Waals surface area contributed by atoms with E-state index in [0.717, 1.165) is 36.6 Å². The molecule has 5 heteroatoms. The Balaban J connectivity index is 1.32. The highest BCUT2D eigenvalue weighted by molar-refractivity contribution is 6.06. The summed E-state index contributed by atoms with van der Waals surface area (Å²) in [6.45, 7) is 2.99. The lowest BCUT2D eigenvalue weighted by Crippen LogP contribution is -2.29. The van der Waals surface area contributed by atoms with Crippen molar-refractivity contribution >= 4 is 28.7 Å². The van der Waals surface area contributed by atoms with Crippen LogP contribution in [0.2, 0.25) is 0 Å². The molecule has 29 heavy (non-hydrogen) atoms. The van der Waals surface area contributed by atoms with E-state index < -0.39 is 0 Å². The highest BCUT2D eigenvalue weighted by Crippen LogP contribution is 2.29. The summed E-state index contributed by atoms with van der Waals surface area (Å²) in [5.74, 6) is -0.0528. The lowest BCUT2D eigenvalue weighted by atomic mass is 10.2. The third kappa shape index (κ3) is 3.56. The maximum Gasteiger partial charge on any atom is 0.276 e. The van der Waals surface area contributed by atoms with Crippen LogP contribution in [-0.2, 0) is 6.42 Å². The van der Waals surface area contributed by atoms with Crippen LogP contribution in [-0.4, -0.2) is 30.5 Å². The Morgan fingerprint density at radius 1 is 0.897 bits per heavy atom. The Bertz CT molecular complexity index is 1030. The van der Waals surface area contributed by atoms with Crippen LogP contribution in [0.5, 0.6) is 0 Å². The fourth-order valence-corrected chi connectivity index (χ4v) is 4.21. The predicted molar refractivity (Wildman–Crippen MR) is 117 cm³/mol. The Hall–Kier alpha value is -3.34. The normalized spacial score (nSPS) is 15.4. The molecule has 2 aromatic carbocycles. The summed E-state index contributed by atoms with van der Waals surface area (Å²) in [7, 11) is 0. The average molecular weight is 384 g/mol. The van der Waals surface area contributed by atoms with Gasteiger partial charge in [-0.3, -0.25) is 9.78 Å². The molecule has 0 bridgehead atoms. The van der Waals surface area contributed by atoms with Crippen molar-refractivity contribution < 1.29 is 4.79 Å². The van der Waals surface area contributed by atoms with Crippen molar-refractivity contribution in [3.8, 4) is 0 Å². The molecule has 5 nitrogen and oxygen atoms in total. The Morgan fingerprint density at radius 2 is 1.69 bits per heavy atom. The number of carbonyl (C=O) groups excluding carboxylic acids is 1. The Morgan fingerprint density at radius 3 is 2.52 bits per heavy atom. The summed E-state index contributed by atoms with van der Waals surface area (Å²) in [4.78, 5) is 21.6. The summed E-state index contributed by atoms with van der Waals surface area (Å²) in [6, 6.07) is 20.3. The van der Waals surface area contributed by atoms with E-state index in [0.29, 0.717) is 12.2 Å². The standard InChI is InChI=1S/C24H24N4O/c29-24(28-16-12-18-5-1-2-6-23(18)28)22-17-20(11-13-25-22)26-19-7-9-21(10-8-19)27-14-3-4-15-27/h1-2,5-11,13,17H,3-4,12,14-16H2,(H,25,26). The van der Waals surface area contributed by atoms with Gasteiger partial charge in [0.15, 0.2) is 0 Å². The van der Waals surface area contributed by atoms with Crippen LogP contribution in [0.3, 0.4) is 0 Å². The molecule has 0 radical (unpaired) electrons. The number of amides is 1. The number of carbonyl (C=O) groups is 1. The second-order valence-electron chi connectivity index (χ2n) is 7.63. The summed E-state index contributed by atoms with van der Waals surface area (Å²) in [5.41, 5.74) is 5.81. The van der Waals surface area contributed by atoms with Crippen molar-refractivity contribution in [1.29, 1.82) is 0 Å². The fraction of sp³-hybridized carbons (Fsp3) is 0.250. The van der Waals surface area contributed by atoms with Crippen LogP contribution >= 0.6 is 0 Å². The number of aromatic nitrogens is 1. The third-order valence-electron chi connectivity index (χ3n) is 5.74. The van der Waals surface area contributed by atoms with Crippen LogP contribution in [0.25, 0.3) is 0 Å². The van der Waals surface area contributed by atoms with Gasteiger partial charge < -0.3 is 15.1 Å². The monoisotopic (exact) mass is 384 g/mol. The molecular formula is C24H24N4O. The van der Waals surface area contributed by atoms with Crippen molar-refractivity contribution in [3.05, 3.63) is 78.1 Å². The summed E-state index contributed by atoms with van der Waals surface area (Å²) < 4.78 is 0. The number of rotatable bonds is 4. The minimum absolute atomic E-state index is 0.0528. The number of benzene rings is 2. The zero-order valence-corrected chi connectivity index (χ0v) is 16.3. The van der Waals surface area contributed by atoms with Gasteiger partial charge in [-0.2, -0.15) is 0 Å². The lowest BCUT2D eigenvalue weighted by Gasteiger charge is -2.18. The topological polar surface area (TPSA) is 48.5 Å². The molecule has 2 aliphatic rings. The Labute approximate surface area is 171 Å². The van der Waals surface area contributed by atoms with Gasteiger partial charge >= 0.3 is 0 Å². The number of hydrogen-bond acceptors (Lipinski definition) is 4. The number of nitrogens with one attached hydrogen (secondary N) is 1. The molecule has 1 aromatic heterocycles. The zero-order valence-electron chi connectivity index (χ0n) is 16.3. The van der Waals surface area contributed by atoms with Gasteiger partial charge in [0, 0.05) is 48.6 Å². The second kappa shape index (κ2) is 7.59. The highest BCUT2D eigenvalue weighted by atomic mass is 16.2. The average Bonchev–Trinajstić information content (AvgIpc) is 3.44. The quantitative estimate of drug-likeness (QED) is 0.713. The molecule has 0 spiro atoms. The van der Waals surface area contributed by atoms with Crippen LogP contribution in [0.1, 0.15) is 28.9 Å². The number of anilines is 4. The minimum atomic E-state index is -0.0528.